The van der Waals surface area contributed by atoms with Crippen LogP contribution in [0.3, 0.4) is 0 Å². The lowest BCUT2D eigenvalue weighted by molar-refractivity contribution is -0.139. The molecule has 0 saturated carbocycles. The molecule has 4 heterocycles. The quantitative estimate of drug-likeness (QED) is 0.336. The van der Waals surface area contributed by atoms with Crippen molar-refractivity contribution in [1.29, 1.82) is 0 Å². The SMILES string of the molecule is O=C(NOC[C@@H]1C[C@H](Cn2ccnn2)CN1)C1CCC2CN1C(=O)N2OS(=O)O. The average Bonchev–Trinajstić information content (AvgIpc) is 3.41. The van der Waals surface area contributed by atoms with Crippen LogP contribution in [-0.2, 0) is 31.8 Å². The first-order valence-corrected chi connectivity index (χ1v) is 10.4. The highest BCUT2D eigenvalue weighted by Gasteiger charge is 2.48. The molecule has 160 valence electrons. The van der Waals surface area contributed by atoms with Gasteiger partial charge in [-0.15, -0.1) is 9.38 Å². The van der Waals surface area contributed by atoms with E-state index in [2.05, 4.69) is 25.4 Å². The zero-order valence-electron chi connectivity index (χ0n) is 15.5. The van der Waals surface area contributed by atoms with Crippen molar-refractivity contribution >= 4 is 23.3 Å². The molecule has 3 unspecified atom stereocenters. The molecule has 3 saturated heterocycles. The third-order valence-electron chi connectivity index (χ3n) is 5.46. The second-order valence-corrected chi connectivity index (χ2v) is 7.99. The Morgan fingerprint density at radius 2 is 2.31 bits per heavy atom. The molecule has 0 aliphatic carbocycles. The van der Waals surface area contributed by atoms with E-state index in [1.807, 2.05) is 6.20 Å². The highest BCUT2D eigenvalue weighted by Crippen LogP contribution is 2.30. The summed E-state index contributed by atoms with van der Waals surface area (Å²) >= 11 is -2.59. The van der Waals surface area contributed by atoms with Gasteiger partial charge in [0.25, 0.3) is 5.91 Å². The number of carbonyl (C=O) groups is 2. The van der Waals surface area contributed by atoms with Crippen LogP contribution in [-0.4, -0.2) is 83.5 Å². The number of nitrogens with one attached hydrogen (secondary N) is 2. The van der Waals surface area contributed by atoms with Crippen molar-refractivity contribution in [3.8, 4) is 0 Å². The Morgan fingerprint density at radius 1 is 1.45 bits per heavy atom. The van der Waals surface area contributed by atoms with E-state index in [1.165, 1.54) is 4.90 Å². The molecule has 1 aromatic rings. The fourth-order valence-electron chi connectivity index (χ4n) is 4.12. The van der Waals surface area contributed by atoms with Gasteiger partial charge in [-0.3, -0.25) is 18.9 Å². The van der Waals surface area contributed by atoms with E-state index < -0.39 is 29.3 Å². The van der Waals surface area contributed by atoms with Gasteiger partial charge in [0.15, 0.2) is 0 Å². The first-order chi connectivity index (χ1) is 14.0. The van der Waals surface area contributed by atoms with Gasteiger partial charge in [-0.2, -0.15) is 9.27 Å². The Bertz CT molecular complexity index is 764. The summed E-state index contributed by atoms with van der Waals surface area (Å²) in [5.41, 5.74) is 2.43. The Balaban J connectivity index is 1.20. The van der Waals surface area contributed by atoms with Crippen LogP contribution in [0.15, 0.2) is 12.4 Å². The molecule has 0 spiro atoms. The molecule has 3 aliphatic rings. The number of piperidine rings is 1. The maximum atomic E-state index is 12.5. The lowest BCUT2D eigenvalue weighted by Crippen LogP contribution is -2.50. The number of amides is 3. The van der Waals surface area contributed by atoms with Crippen LogP contribution in [0, 0.1) is 5.92 Å². The highest BCUT2D eigenvalue weighted by atomic mass is 32.2. The van der Waals surface area contributed by atoms with E-state index in [1.54, 1.807) is 10.9 Å². The lowest BCUT2D eigenvalue weighted by Gasteiger charge is -2.29. The number of fused-ring (bicyclic) bond motifs is 2. The zero-order chi connectivity index (χ0) is 20.4. The maximum Gasteiger partial charge on any atom is 0.346 e. The van der Waals surface area contributed by atoms with Gasteiger partial charge in [0.2, 0.25) is 0 Å². The van der Waals surface area contributed by atoms with Gasteiger partial charge in [-0.25, -0.2) is 10.3 Å². The minimum absolute atomic E-state index is 0.108. The van der Waals surface area contributed by atoms with E-state index in [-0.39, 0.29) is 18.6 Å². The van der Waals surface area contributed by atoms with Crippen molar-refractivity contribution in [2.45, 2.75) is 43.9 Å². The molecule has 4 rings (SSSR count). The van der Waals surface area contributed by atoms with E-state index in [9.17, 15) is 13.8 Å². The second kappa shape index (κ2) is 8.71. The first kappa shape index (κ1) is 20.2. The monoisotopic (exact) mass is 429 g/mol. The number of aromatic nitrogens is 3. The molecule has 0 aromatic carbocycles. The molecule has 3 fully saturated rings. The Morgan fingerprint density at radius 3 is 3.07 bits per heavy atom. The van der Waals surface area contributed by atoms with Crippen molar-refractivity contribution in [2.24, 2.45) is 5.92 Å². The summed E-state index contributed by atoms with van der Waals surface area (Å²) in [6.07, 6.45) is 5.27. The first-order valence-electron chi connectivity index (χ1n) is 9.39. The van der Waals surface area contributed by atoms with Crippen molar-refractivity contribution in [2.75, 3.05) is 19.7 Å². The predicted molar refractivity (Wildman–Crippen MR) is 96.6 cm³/mol. The number of hydrogen-bond acceptors (Lipinski definition) is 8. The lowest BCUT2D eigenvalue weighted by atomic mass is 10.0. The largest absolute Gasteiger partial charge is 0.346 e. The third-order valence-corrected chi connectivity index (χ3v) is 5.75. The molecule has 13 nitrogen and oxygen atoms in total. The summed E-state index contributed by atoms with van der Waals surface area (Å²) in [4.78, 5) is 31.5. The topological polar surface area (TPSA) is 151 Å². The van der Waals surface area contributed by atoms with E-state index in [4.69, 9.17) is 9.39 Å². The smallest absolute Gasteiger partial charge is 0.311 e. The molecule has 14 heteroatoms. The van der Waals surface area contributed by atoms with Gasteiger partial charge in [0, 0.05) is 31.9 Å². The summed E-state index contributed by atoms with van der Waals surface area (Å²) in [6.45, 7) is 2.17. The van der Waals surface area contributed by atoms with Gasteiger partial charge < -0.3 is 10.2 Å². The van der Waals surface area contributed by atoms with Crippen molar-refractivity contribution in [3.63, 3.8) is 0 Å². The van der Waals surface area contributed by atoms with Crippen LogP contribution in [0.25, 0.3) is 0 Å². The average molecular weight is 429 g/mol. The molecule has 2 bridgehead atoms. The van der Waals surface area contributed by atoms with Crippen LogP contribution in [0.4, 0.5) is 4.79 Å². The third kappa shape index (κ3) is 4.56. The van der Waals surface area contributed by atoms with Crippen LogP contribution >= 0.6 is 0 Å². The number of rotatable bonds is 8. The Kier molecular flexibility index (Phi) is 6.05. The second-order valence-electron chi connectivity index (χ2n) is 7.41. The van der Waals surface area contributed by atoms with Crippen LogP contribution < -0.4 is 10.8 Å². The number of hydrogen-bond donors (Lipinski definition) is 3. The summed E-state index contributed by atoms with van der Waals surface area (Å²) < 4.78 is 26.1. The standard InChI is InChI=1S/C15H23N7O6S/c23-14(13-2-1-12-8-21(13)15(24)22(12)28-29(25)26)18-27-9-11-5-10(6-16-11)7-20-4-3-17-19-20/h3-4,10-13,16H,1-2,5-9H2,(H,18,23)(H,25,26)/t10-,11-,12?,13?/m0/s1. The number of nitrogens with zero attached hydrogens (tertiary/aromatic N) is 5. The summed E-state index contributed by atoms with van der Waals surface area (Å²) in [5.74, 6) is -0.0116. The molecule has 5 atom stereocenters. The van der Waals surface area contributed by atoms with Crippen LogP contribution in [0.1, 0.15) is 19.3 Å². The van der Waals surface area contributed by atoms with Crippen molar-refractivity contribution in [1.82, 2.24) is 35.8 Å². The summed E-state index contributed by atoms with van der Waals surface area (Å²) in [6, 6.07) is -1.52. The van der Waals surface area contributed by atoms with Gasteiger partial charge in [-0.05, 0) is 25.2 Å². The minimum Gasteiger partial charge on any atom is -0.311 e. The summed E-state index contributed by atoms with van der Waals surface area (Å²) in [7, 11) is 0. The Hall–Kier alpha value is -2.13. The molecule has 3 amide bonds. The number of carbonyl (C=O) groups excluding carboxylic acids is 2. The predicted octanol–water partition coefficient (Wildman–Crippen LogP) is -1.36. The van der Waals surface area contributed by atoms with Gasteiger partial charge >= 0.3 is 17.4 Å². The Labute approximate surface area is 169 Å². The van der Waals surface area contributed by atoms with Crippen LogP contribution in [0.5, 0.6) is 0 Å². The number of urea groups is 1. The molecule has 0 radical (unpaired) electrons. The molecule has 1 aromatic heterocycles. The van der Waals surface area contributed by atoms with Crippen molar-refractivity contribution < 1.29 is 27.5 Å². The summed E-state index contributed by atoms with van der Waals surface area (Å²) in [5, 5.41) is 12.0. The van der Waals surface area contributed by atoms with E-state index in [0.29, 0.717) is 25.4 Å². The number of hydroxylamine groups is 3. The fraction of sp³-hybridized carbons (Fsp3) is 0.733. The van der Waals surface area contributed by atoms with Gasteiger partial charge in [-0.1, -0.05) is 5.21 Å². The fourth-order valence-corrected chi connectivity index (χ4v) is 4.44. The normalized spacial score (nSPS) is 30.0. The van der Waals surface area contributed by atoms with Gasteiger partial charge in [0.1, 0.15) is 6.04 Å². The van der Waals surface area contributed by atoms with E-state index >= 15 is 0 Å². The molecule has 29 heavy (non-hydrogen) atoms. The van der Waals surface area contributed by atoms with Crippen LogP contribution in [0.2, 0.25) is 0 Å². The van der Waals surface area contributed by atoms with Gasteiger partial charge in [0.05, 0.1) is 18.8 Å². The van der Waals surface area contributed by atoms with Crippen molar-refractivity contribution in [3.05, 3.63) is 12.4 Å². The maximum absolute atomic E-state index is 12.5. The zero-order valence-corrected chi connectivity index (χ0v) is 16.4. The van der Waals surface area contributed by atoms with E-state index in [0.717, 1.165) is 24.6 Å². The molecular weight excluding hydrogens is 406 g/mol. The molecule has 3 aliphatic heterocycles. The molecule has 3 N–H and O–H groups in total. The molecular formula is C15H23N7O6S. The highest BCUT2D eigenvalue weighted by molar-refractivity contribution is 7.74. The minimum atomic E-state index is -2.59.